The summed E-state index contributed by atoms with van der Waals surface area (Å²) in [6, 6.07) is 27.5. The second-order valence-electron chi connectivity index (χ2n) is 8.12. The van der Waals surface area contributed by atoms with Gasteiger partial charge in [-0.15, -0.1) is 0 Å². The van der Waals surface area contributed by atoms with E-state index in [9.17, 15) is 0 Å². The monoisotopic (exact) mass is 367 g/mol. The van der Waals surface area contributed by atoms with Gasteiger partial charge in [-0.05, 0) is 54.3 Å². The van der Waals surface area contributed by atoms with E-state index in [4.69, 9.17) is 10.4 Å². The summed E-state index contributed by atoms with van der Waals surface area (Å²) in [6.07, 6.45) is 3.99. The summed E-state index contributed by atoms with van der Waals surface area (Å²) in [5.74, 6) is 0. The first-order chi connectivity index (χ1) is 13.5. The minimum absolute atomic E-state index is 0.0108. The Kier molecular flexibility index (Phi) is 5.10. The molecule has 0 atom stereocenters. The van der Waals surface area contributed by atoms with E-state index >= 15 is 0 Å². The standard InChI is InChI=1S/C25H26BNO/c1-25(2)18-26(28-25)23-10-6-7-19(17-23)11-16-24(27)22-14-12-21(13-15-22)20-8-4-3-5-9-20/h3-10,12-17H,11,18,27H2,1-2H3/b24-16-. The fourth-order valence-electron chi connectivity index (χ4n) is 3.76. The molecule has 0 spiro atoms. The molecule has 4 rings (SSSR count). The quantitative estimate of drug-likeness (QED) is 0.651. The summed E-state index contributed by atoms with van der Waals surface area (Å²) >= 11 is 0. The van der Waals surface area contributed by atoms with Crippen LogP contribution in [0, 0.1) is 0 Å². The largest absolute Gasteiger partial charge is 0.427 e. The van der Waals surface area contributed by atoms with Gasteiger partial charge in [0, 0.05) is 11.3 Å². The molecule has 1 fully saturated rings. The van der Waals surface area contributed by atoms with E-state index in [-0.39, 0.29) is 12.5 Å². The zero-order valence-electron chi connectivity index (χ0n) is 16.6. The van der Waals surface area contributed by atoms with E-state index in [0.717, 1.165) is 24.0 Å². The Labute approximate surface area is 168 Å². The Morgan fingerprint density at radius 1 is 0.964 bits per heavy atom. The molecule has 140 valence electrons. The van der Waals surface area contributed by atoms with Crippen LogP contribution in [-0.4, -0.2) is 12.5 Å². The number of benzene rings is 3. The SMILES string of the molecule is CC1(C)CB(c2cccc(C/C=C(\N)c3ccc(-c4ccccc4)cc3)c2)O1. The Morgan fingerprint density at radius 2 is 1.64 bits per heavy atom. The molecule has 2 nitrogen and oxygen atoms in total. The molecule has 0 aliphatic carbocycles. The minimum Gasteiger partial charge on any atom is -0.427 e. The molecule has 2 N–H and O–H groups in total. The van der Waals surface area contributed by atoms with Crippen LogP contribution < -0.4 is 11.2 Å². The Balaban J connectivity index is 1.43. The Bertz CT molecular complexity index is 969. The number of rotatable bonds is 5. The highest BCUT2D eigenvalue weighted by Crippen LogP contribution is 2.30. The van der Waals surface area contributed by atoms with E-state index in [2.05, 4.69) is 92.7 Å². The van der Waals surface area contributed by atoms with Gasteiger partial charge in [0.2, 0.25) is 0 Å². The normalized spacial score (nSPS) is 15.9. The van der Waals surface area contributed by atoms with Crippen molar-refractivity contribution in [3.05, 3.63) is 96.1 Å². The van der Waals surface area contributed by atoms with E-state index in [0.29, 0.717) is 0 Å². The van der Waals surface area contributed by atoms with Gasteiger partial charge in [0.15, 0.2) is 0 Å². The number of hydrogen-bond donors (Lipinski definition) is 1. The highest BCUT2D eigenvalue weighted by molar-refractivity contribution is 6.69. The van der Waals surface area contributed by atoms with Crippen molar-refractivity contribution in [1.82, 2.24) is 0 Å². The van der Waals surface area contributed by atoms with Crippen molar-refractivity contribution in [2.75, 3.05) is 0 Å². The first kappa shape index (κ1) is 18.6. The fourth-order valence-corrected chi connectivity index (χ4v) is 3.76. The van der Waals surface area contributed by atoms with Crippen molar-refractivity contribution >= 4 is 18.1 Å². The van der Waals surface area contributed by atoms with E-state index < -0.39 is 0 Å². The Morgan fingerprint density at radius 3 is 2.32 bits per heavy atom. The predicted molar refractivity (Wildman–Crippen MR) is 120 cm³/mol. The summed E-state index contributed by atoms with van der Waals surface area (Å²) in [6.45, 7) is 4.50. The van der Waals surface area contributed by atoms with Crippen LogP contribution in [0.5, 0.6) is 0 Å². The smallest absolute Gasteiger partial charge is 0.330 e. The molecule has 0 radical (unpaired) electrons. The lowest BCUT2D eigenvalue weighted by Gasteiger charge is -2.41. The lowest BCUT2D eigenvalue weighted by Crippen LogP contribution is -2.55. The molecule has 1 saturated heterocycles. The third-order valence-corrected chi connectivity index (χ3v) is 5.34. The van der Waals surface area contributed by atoms with Crippen LogP contribution in [0.4, 0.5) is 0 Å². The maximum atomic E-state index is 6.34. The van der Waals surface area contributed by atoms with Crippen molar-refractivity contribution in [3.63, 3.8) is 0 Å². The lowest BCUT2D eigenvalue weighted by atomic mass is 9.48. The summed E-state index contributed by atoms with van der Waals surface area (Å²) in [7, 11) is 0. The van der Waals surface area contributed by atoms with Crippen LogP contribution in [0.1, 0.15) is 25.0 Å². The highest BCUT2D eigenvalue weighted by atomic mass is 16.5. The third-order valence-electron chi connectivity index (χ3n) is 5.34. The topological polar surface area (TPSA) is 35.2 Å². The van der Waals surface area contributed by atoms with Crippen LogP contribution in [0.2, 0.25) is 6.32 Å². The molecule has 3 aromatic carbocycles. The zero-order valence-corrected chi connectivity index (χ0v) is 16.6. The van der Waals surface area contributed by atoms with Crippen LogP contribution >= 0.6 is 0 Å². The molecular weight excluding hydrogens is 341 g/mol. The van der Waals surface area contributed by atoms with Gasteiger partial charge in [-0.3, -0.25) is 0 Å². The average molecular weight is 367 g/mol. The predicted octanol–water partition coefficient (Wildman–Crippen LogP) is 4.90. The minimum atomic E-state index is 0.0108. The molecular formula is C25H26BNO. The first-order valence-corrected chi connectivity index (χ1v) is 9.88. The molecule has 1 aliphatic rings. The van der Waals surface area contributed by atoms with Crippen molar-refractivity contribution < 1.29 is 4.65 Å². The van der Waals surface area contributed by atoms with Crippen LogP contribution in [0.25, 0.3) is 16.8 Å². The molecule has 3 heteroatoms. The summed E-state index contributed by atoms with van der Waals surface area (Å²) < 4.78 is 5.97. The molecule has 0 saturated carbocycles. The number of nitrogens with two attached hydrogens (primary N) is 1. The maximum absolute atomic E-state index is 6.34. The molecule has 3 aromatic rings. The summed E-state index contributed by atoms with van der Waals surface area (Å²) in [5.41, 5.74) is 13.2. The van der Waals surface area contributed by atoms with E-state index in [1.54, 1.807) is 0 Å². The van der Waals surface area contributed by atoms with Crippen LogP contribution in [-0.2, 0) is 11.1 Å². The maximum Gasteiger partial charge on any atom is 0.330 e. The van der Waals surface area contributed by atoms with Gasteiger partial charge in [0.25, 0.3) is 0 Å². The third kappa shape index (κ3) is 4.21. The Hall–Kier alpha value is -2.78. The highest BCUT2D eigenvalue weighted by Gasteiger charge is 2.41. The van der Waals surface area contributed by atoms with E-state index in [1.807, 2.05) is 6.07 Å². The lowest BCUT2D eigenvalue weighted by molar-refractivity contribution is 0.0742. The van der Waals surface area contributed by atoms with Gasteiger partial charge < -0.3 is 10.4 Å². The molecule has 0 bridgehead atoms. The van der Waals surface area contributed by atoms with Crippen molar-refractivity contribution in [1.29, 1.82) is 0 Å². The number of allylic oxidation sites excluding steroid dienone is 1. The van der Waals surface area contributed by atoms with Crippen LogP contribution in [0.3, 0.4) is 0 Å². The van der Waals surface area contributed by atoms with Gasteiger partial charge in [0.1, 0.15) is 0 Å². The van der Waals surface area contributed by atoms with Crippen LogP contribution in [0.15, 0.2) is 84.9 Å². The molecule has 0 amide bonds. The van der Waals surface area contributed by atoms with Crippen molar-refractivity contribution in [2.45, 2.75) is 32.2 Å². The van der Waals surface area contributed by atoms with Gasteiger partial charge in [-0.2, -0.15) is 0 Å². The second kappa shape index (κ2) is 7.69. The van der Waals surface area contributed by atoms with Gasteiger partial charge in [-0.1, -0.05) is 84.9 Å². The molecule has 1 heterocycles. The van der Waals surface area contributed by atoms with Gasteiger partial charge in [0.05, 0.1) is 0 Å². The summed E-state index contributed by atoms with van der Waals surface area (Å²) in [4.78, 5) is 0. The van der Waals surface area contributed by atoms with Crippen molar-refractivity contribution in [3.8, 4) is 11.1 Å². The van der Waals surface area contributed by atoms with E-state index in [1.165, 1.54) is 22.2 Å². The molecule has 28 heavy (non-hydrogen) atoms. The van der Waals surface area contributed by atoms with Crippen molar-refractivity contribution in [2.24, 2.45) is 5.73 Å². The fraction of sp³-hybridized carbons (Fsp3) is 0.200. The zero-order chi connectivity index (χ0) is 19.6. The van der Waals surface area contributed by atoms with Gasteiger partial charge >= 0.3 is 6.92 Å². The molecule has 0 aromatic heterocycles. The summed E-state index contributed by atoms with van der Waals surface area (Å²) in [5, 5.41) is 0. The first-order valence-electron chi connectivity index (χ1n) is 9.88. The van der Waals surface area contributed by atoms with Gasteiger partial charge in [-0.25, -0.2) is 0 Å². The molecule has 1 aliphatic heterocycles. The molecule has 0 unspecified atom stereocenters. The second-order valence-corrected chi connectivity index (χ2v) is 8.12. The number of hydrogen-bond acceptors (Lipinski definition) is 2. The average Bonchev–Trinajstić information content (AvgIpc) is 2.71.